The molecule has 0 radical (unpaired) electrons. The van der Waals surface area contributed by atoms with Crippen LogP contribution in [0.5, 0.6) is 0 Å². The number of rotatable bonds is 6. The van der Waals surface area contributed by atoms with E-state index in [4.69, 9.17) is 14.1 Å². The van der Waals surface area contributed by atoms with Gasteiger partial charge in [-0.2, -0.15) is 0 Å². The van der Waals surface area contributed by atoms with Gasteiger partial charge in [0.1, 0.15) is 11.4 Å². The van der Waals surface area contributed by atoms with Crippen molar-refractivity contribution in [2.24, 2.45) is 5.92 Å². The average Bonchev–Trinajstić information content (AvgIpc) is 2.87. The Kier molecular flexibility index (Phi) is 8.76. The van der Waals surface area contributed by atoms with Gasteiger partial charge in [0.2, 0.25) is 0 Å². The van der Waals surface area contributed by atoms with E-state index in [0.717, 1.165) is 23.4 Å². The van der Waals surface area contributed by atoms with Crippen molar-refractivity contribution in [3.8, 4) is 11.1 Å². The number of nitrogens with zero attached hydrogens (tertiary/aromatic N) is 2. The predicted molar refractivity (Wildman–Crippen MR) is 170 cm³/mol. The molecule has 0 bridgehead atoms. The van der Waals surface area contributed by atoms with E-state index in [1.807, 2.05) is 6.92 Å². The molecule has 0 spiro atoms. The first-order valence-corrected chi connectivity index (χ1v) is 17.3. The fourth-order valence-corrected chi connectivity index (χ4v) is 5.83. The zero-order valence-corrected chi connectivity index (χ0v) is 27.4. The third-order valence-corrected chi connectivity index (χ3v) is 12.6. The molecule has 1 atom stereocenters. The van der Waals surface area contributed by atoms with Crippen molar-refractivity contribution in [1.29, 1.82) is 0 Å². The number of nitrogens with one attached hydrogen (secondary N) is 3. The minimum absolute atomic E-state index is 0.123. The van der Waals surface area contributed by atoms with Gasteiger partial charge in [-0.1, -0.05) is 20.8 Å². The summed E-state index contributed by atoms with van der Waals surface area (Å²) >= 11 is 0. The van der Waals surface area contributed by atoms with Crippen LogP contribution in [0, 0.1) is 18.7 Å². The molecule has 12 heteroatoms. The lowest BCUT2D eigenvalue weighted by molar-refractivity contribution is 0.0635. The lowest BCUT2D eigenvalue weighted by atomic mass is 9.92. The topological polar surface area (TPSA) is 135 Å². The summed E-state index contributed by atoms with van der Waals surface area (Å²) in [7, 11) is -1.89. The van der Waals surface area contributed by atoms with E-state index >= 15 is 4.39 Å². The quantitative estimate of drug-likeness (QED) is 0.208. The number of anilines is 3. The summed E-state index contributed by atoms with van der Waals surface area (Å²) in [4.78, 5) is 32.8. The first-order valence-electron chi connectivity index (χ1n) is 14.3. The van der Waals surface area contributed by atoms with Gasteiger partial charge < -0.3 is 19.6 Å². The van der Waals surface area contributed by atoms with Gasteiger partial charge in [0, 0.05) is 48.0 Å². The summed E-state index contributed by atoms with van der Waals surface area (Å²) in [5.74, 6) is -0.314. The van der Waals surface area contributed by atoms with Crippen molar-refractivity contribution in [2.75, 3.05) is 29.1 Å². The summed E-state index contributed by atoms with van der Waals surface area (Å²) in [5.41, 5.74) is 2.28. The molecule has 1 aliphatic rings. The Morgan fingerprint density at radius 2 is 1.79 bits per heavy atom. The predicted octanol–water partition coefficient (Wildman–Crippen LogP) is 7.79. The lowest BCUT2D eigenvalue weighted by Crippen LogP contribution is -2.43. The Balaban J connectivity index is 1.69. The van der Waals surface area contributed by atoms with Crippen molar-refractivity contribution >= 4 is 48.5 Å². The number of pyridine rings is 2. The Morgan fingerprint density at radius 3 is 2.42 bits per heavy atom. The average molecular weight is 612 g/mol. The van der Waals surface area contributed by atoms with Gasteiger partial charge >= 0.3 is 12.2 Å². The molecular weight excluding hydrogens is 569 g/mol. The second kappa shape index (κ2) is 11.7. The van der Waals surface area contributed by atoms with Crippen LogP contribution in [0.4, 0.5) is 31.2 Å². The molecule has 3 heterocycles. The van der Waals surface area contributed by atoms with E-state index < -0.39 is 31.9 Å². The van der Waals surface area contributed by atoms with Crippen LogP contribution < -0.4 is 16.0 Å². The fraction of sp³-hybridized carbons (Fsp3) is 0.484. The molecule has 4 rings (SSSR count). The van der Waals surface area contributed by atoms with Gasteiger partial charge in [-0.25, -0.2) is 19.0 Å². The normalized spacial score (nSPS) is 15.4. The van der Waals surface area contributed by atoms with Gasteiger partial charge in [0.25, 0.3) is 0 Å². The maximum absolute atomic E-state index is 16.0. The zero-order valence-electron chi connectivity index (χ0n) is 26.4. The summed E-state index contributed by atoms with van der Waals surface area (Å²) in [6, 6.07) is 3.15. The number of carbonyl (C=O) groups is 2. The van der Waals surface area contributed by atoms with Crippen LogP contribution in [0.3, 0.4) is 0 Å². The summed E-state index contributed by atoms with van der Waals surface area (Å²) in [5, 5.41) is 18.5. The maximum Gasteiger partial charge on any atom is 0.413 e. The first kappa shape index (κ1) is 32.1. The van der Waals surface area contributed by atoms with Gasteiger partial charge in [0.15, 0.2) is 14.1 Å². The second-order valence-electron chi connectivity index (χ2n) is 13.6. The smallest absolute Gasteiger partial charge is 0.413 e. The molecule has 232 valence electrons. The van der Waals surface area contributed by atoms with Gasteiger partial charge in [0.05, 0.1) is 17.1 Å². The highest BCUT2D eigenvalue weighted by Gasteiger charge is 2.38. The molecule has 1 aromatic carbocycles. The standard InChI is InChI=1S/C31H42FN5O5Si/c1-17-21(14-33-23-10-18(13-35-26(17)23)16-41-43(8,9)31(5,6)7)20-11-19-12-24(36-29(40)42-30(2,3)4)34-15-22(19)27(25(20)32)37-28(38)39/h11-12,14-15,18,35,37H,10,13,16H2,1-9H3,(H,38,39)(H,34,36,40). The maximum atomic E-state index is 16.0. The van der Waals surface area contributed by atoms with Crippen LogP contribution in [0.2, 0.25) is 18.1 Å². The number of carbonyl (C=O) groups excluding carboxylic acids is 1. The van der Waals surface area contributed by atoms with Crippen LogP contribution in [0.25, 0.3) is 21.9 Å². The SMILES string of the molecule is Cc1c(-c2cc3cc(NC(=O)OC(C)(C)C)ncc3c(NC(=O)O)c2F)cnc2c1NCC(CO[Si](C)(C)C(C)(C)C)C2. The van der Waals surface area contributed by atoms with Crippen LogP contribution in [-0.2, 0) is 15.6 Å². The monoisotopic (exact) mass is 611 g/mol. The molecule has 0 aliphatic carbocycles. The molecule has 0 saturated heterocycles. The number of amides is 2. The third-order valence-electron chi connectivity index (χ3n) is 8.06. The summed E-state index contributed by atoms with van der Waals surface area (Å²) in [6.07, 6.45) is 1.56. The van der Waals surface area contributed by atoms with Crippen molar-refractivity contribution in [3.05, 3.63) is 41.6 Å². The van der Waals surface area contributed by atoms with Crippen LogP contribution in [-0.4, -0.2) is 54.3 Å². The first-order chi connectivity index (χ1) is 19.9. The Hall–Kier alpha value is -3.77. The van der Waals surface area contributed by atoms with Crippen LogP contribution in [0.1, 0.15) is 52.8 Å². The molecule has 2 amide bonds. The van der Waals surface area contributed by atoms with E-state index in [-0.39, 0.29) is 33.4 Å². The van der Waals surface area contributed by atoms with Gasteiger partial charge in [-0.3, -0.25) is 15.6 Å². The van der Waals surface area contributed by atoms with E-state index in [1.165, 1.54) is 6.20 Å². The molecule has 10 nitrogen and oxygen atoms in total. The number of halogens is 1. The van der Waals surface area contributed by atoms with E-state index in [2.05, 4.69) is 54.8 Å². The second-order valence-corrected chi connectivity index (χ2v) is 18.4. The Morgan fingerprint density at radius 1 is 1.09 bits per heavy atom. The number of fused-ring (bicyclic) bond motifs is 2. The largest absolute Gasteiger partial charge is 0.465 e. The summed E-state index contributed by atoms with van der Waals surface area (Å²) < 4.78 is 27.8. The molecule has 1 aliphatic heterocycles. The number of ether oxygens (including phenoxy) is 1. The number of benzene rings is 1. The van der Waals surface area contributed by atoms with E-state index in [1.54, 1.807) is 39.1 Å². The molecule has 3 aromatic rings. The molecule has 0 fully saturated rings. The highest BCUT2D eigenvalue weighted by molar-refractivity contribution is 6.74. The Labute approximate surface area is 252 Å². The fourth-order valence-electron chi connectivity index (χ4n) is 4.74. The van der Waals surface area contributed by atoms with Crippen molar-refractivity contribution in [2.45, 2.75) is 78.6 Å². The molecule has 2 aromatic heterocycles. The zero-order chi connectivity index (χ0) is 31.9. The van der Waals surface area contributed by atoms with E-state index in [0.29, 0.717) is 24.1 Å². The number of hydrogen-bond acceptors (Lipinski definition) is 7. The molecule has 43 heavy (non-hydrogen) atoms. The van der Waals surface area contributed by atoms with Crippen LogP contribution in [0.15, 0.2) is 24.5 Å². The van der Waals surface area contributed by atoms with Crippen molar-refractivity contribution in [1.82, 2.24) is 9.97 Å². The van der Waals surface area contributed by atoms with Gasteiger partial charge in [-0.05, 0) is 75.3 Å². The summed E-state index contributed by atoms with van der Waals surface area (Å²) in [6.45, 7) is 19.6. The minimum atomic E-state index is -1.89. The molecule has 4 N–H and O–H groups in total. The van der Waals surface area contributed by atoms with Crippen LogP contribution >= 0.6 is 0 Å². The molecule has 1 unspecified atom stereocenters. The molecule has 0 saturated carbocycles. The highest BCUT2D eigenvalue weighted by Crippen LogP contribution is 2.41. The number of aromatic nitrogens is 2. The molecular formula is C31H42FN5O5Si. The van der Waals surface area contributed by atoms with E-state index in [9.17, 15) is 14.7 Å². The van der Waals surface area contributed by atoms with Crippen molar-refractivity contribution in [3.63, 3.8) is 0 Å². The third kappa shape index (κ3) is 7.24. The number of hydrogen-bond donors (Lipinski definition) is 4. The highest BCUT2D eigenvalue weighted by atomic mass is 28.4. The number of carboxylic acid groups (broad SMARTS) is 1. The lowest BCUT2D eigenvalue weighted by Gasteiger charge is -2.38. The van der Waals surface area contributed by atoms with Crippen molar-refractivity contribution < 1.29 is 28.2 Å². The van der Waals surface area contributed by atoms with Gasteiger partial charge in [-0.15, -0.1) is 0 Å². The minimum Gasteiger partial charge on any atom is -0.465 e. The Bertz CT molecular complexity index is 1570.